The van der Waals surface area contributed by atoms with Crippen molar-refractivity contribution in [3.63, 3.8) is 0 Å². The summed E-state index contributed by atoms with van der Waals surface area (Å²) in [5.74, 6) is 1.45. The van der Waals surface area contributed by atoms with Crippen molar-refractivity contribution in [2.45, 2.75) is 51.6 Å². The fourth-order valence-electron chi connectivity index (χ4n) is 3.65. The molecule has 1 aromatic heterocycles. The molecule has 3 heterocycles. The Morgan fingerprint density at radius 2 is 1.81 bits per heavy atom. The molecule has 0 unspecified atom stereocenters. The molecule has 3 rings (SSSR count). The molecule has 5 nitrogen and oxygen atoms in total. The van der Waals surface area contributed by atoms with E-state index in [1.807, 2.05) is 13.0 Å². The van der Waals surface area contributed by atoms with Crippen molar-refractivity contribution in [1.29, 1.82) is 0 Å². The highest BCUT2D eigenvalue weighted by atomic mass is 15.2. The molecule has 5 heteroatoms. The molecule has 0 aliphatic carbocycles. The number of rotatable bonds is 3. The number of nitrogens with zero attached hydrogens (tertiary/aromatic N) is 4. The standard InChI is InChI=1S/C16H27N5/c1-13-11-15(17)19-16(18-13)12-20-9-5-14(6-10-20)21-7-3-2-4-8-21/h11,14H,2-10,12H2,1H3,(H2,17,18,19). The van der Waals surface area contributed by atoms with Crippen molar-refractivity contribution in [3.8, 4) is 0 Å². The highest BCUT2D eigenvalue weighted by molar-refractivity contribution is 5.29. The van der Waals surface area contributed by atoms with Crippen LogP contribution in [0.25, 0.3) is 0 Å². The van der Waals surface area contributed by atoms with Gasteiger partial charge in [-0.25, -0.2) is 9.97 Å². The molecule has 0 bridgehead atoms. The first kappa shape index (κ1) is 14.7. The normalized spacial score (nSPS) is 22.5. The Balaban J connectivity index is 1.51. The summed E-state index contributed by atoms with van der Waals surface area (Å²) in [7, 11) is 0. The van der Waals surface area contributed by atoms with Crippen molar-refractivity contribution in [1.82, 2.24) is 19.8 Å². The molecular formula is C16H27N5. The van der Waals surface area contributed by atoms with E-state index >= 15 is 0 Å². The van der Waals surface area contributed by atoms with Gasteiger partial charge in [0.05, 0.1) is 6.54 Å². The fourth-order valence-corrected chi connectivity index (χ4v) is 3.65. The second-order valence-corrected chi connectivity index (χ2v) is 6.45. The second-order valence-electron chi connectivity index (χ2n) is 6.45. The first-order valence-electron chi connectivity index (χ1n) is 8.27. The minimum atomic E-state index is 0.584. The van der Waals surface area contributed by atoms with E-state index in [-0.39, 0.29) is 0 Å². The lowest BCUT2D eigenvalue weighted by Crippen LogP contribution is -2.46. The van der Waals surface area contributed by atoms with Crippen LogP contribution >= 0.6 is 0 Å². The van der Waals surface area contributed by atoms with Crippen LogP contribution in [0, 0.1) is 6.92 Å². The zero-order valence-electron chi connectivity index (χ0n) is 13.1. The van der Waals surface area contributed by atoms with E-state index in [9.17, 15) is 0 Å². The van der Waals surface area contributed by atoms with Crippen LogP contribution < -0.4 is 5.73 Å². The van der Waals surface area contributed by atoms with Gasteiger partial charge in [-0.05, 0) is 45.7 Å². The number of anilines is 1. The summed E-state index contributed by atoms with van der Waals surface area (Å²) in [5, 5.41) is 0. The van der Waals surface area contributed by atoms with Crippen LogP contribution in [0.3, 0.4) is 0 Å². The van der Waals surface area contributed by atoms with E-state index in [0.29, 0.717) is 5.82 Å². The van der Waals surface area contributed by atoms with Crippen LogP contribution in [-0.4, -0.2) is 52.0 Å². The van der Waals surface area contributed by atoms with E-state index in [1.165, 1.54) is 45.2 Å². The van der Waals surface area contributed by atoms with Crippen molar-refractivity contribution in [2.24, 2.45) is 0 Å². The van der Waals surface area contributed by atoms with Crippen molar-refractivity contribution < 1.29 is 0 Å². The van der Waals surface area contributed by atoms with E-state index < -0.39 is 0 Å². The Labute approximate surface area is 127 Å². The molecule has 0 atom stereocenters. The maximum Gasteiger partial charge on any atom is 0.144 e. The maximum absolute atomic E-state index is 5.81. The van der Waals surface area contributed by atoms with Gasteiger partial charge in [-0.15, -0.1) is 0 Å². The summed E-state index contributed by atoms with van der Waals surface area (Å²) in [6, 6.07) is 2.62. The Kier molecular flexibility index (Phi) is 4.70. The summed E-state index contributed by atoms with van der Waals surface area (Å²) >= 11 is 0. The third kappa shape index (κ3) is 3.92. The van der Waals surface area contributed by atoms with Crippen molar-refractivity contribution in [2.75, 3.05) is 31.9 Å². The lowest BCUT2D eigenvalue weighted by Gasteiger charge is -2.40. The van der Waals surface area contributed by atoms with Gasteiger partial charge in [-0.1, -0.05) is 6.42 Å². The van der Waals surface area contributed by atoms with Crippen LogP contribution in [-0.2, 0) is 6.54 Å². The number of piperidine rings is 2. The van der Waals surface area contributed by atoms with Crippen LogP contribution in [0.15, 0.2) is 6.07 Å². The number of likely N-dealkylation sites (tertiary alicyclic amines) is 2. The van der Waals surface area contributed by atoms with Gasteiger partial charge in [0, 0.05) is 30.9 Å². The monoisotopic (exact) mass is 289 g/mol. The quantitative estimate of drug-likeness (QED) is 0.920. The SMILES string of the molecule is Cc1cc(N)nc(CN2CCC(N3CCCCC3)CC2)n1. The zero-order valence-corrected chi connectivity index (χ0v) is 13.1. The van der Waals surface area contributed by atoms with Gasteiger partial charge in [0.25, 0.3) is 0 Å². The highest BCUT2D eigenvalue weighted by Gasteiger charge is 2.25. The predicted molar refractivity (Wildman–Crippen MR) is 84.9 cm³/mol. The van der Waals surface area contributed by atoms with Crippen LogP contribution in [0.4, 0.5) is 5.82 Å². The van der Waals surface area contributed by atoms with Gasteiger partial charge in [-0.2, -0.15) is 0 Å². The topological polar surface area (TPSA) is 58.3 Å². The summed E-state index contributed by atoms with van der Waals surface area (Å²) in [6.45, 7) is 7.73. The van der Waals surface area contributed by atoms with Crippen LogP contribution in [0.2, 0.25) is 0 Å². The van der Waals surface area contributed by atoms with Crippen LogP contribution in [0.5, 0.6) is 0 Å². The average Bonchev–Trinajstić information content (AvgIpc) is 2.48. The Morgan fingerprint density at radius 3 is 2.48 bits per heavy atom. The molecule has 116 valence electrons. The molecule has 2 fully saturated rings. The van der Waals surface area contributed by atoms with Gasteiger partial charge < -0.3 is 10.6 Å². The number of nitrogens with two attached hydrogens (primary N) is 1. The molecule has 0 saturated carbocycles. The van der Waals surface area contributed by atoms with E-state index in [0.717, 1.165) is 37.2 Å². The first-order chi connectivity index (χ1) is 10.2. The summed E-state index contributed by atoms with van der Waals surface area (Å²) in [5.41, 5.74) is 6.77. The third-order valence-electron chi connectivity index (χ3n) is 4.75. The lowest BCUT2D eigenvalue weighted by molar-refractivity contribution is 0.0885. The number of hydrogen-bond donors (Lipinski definition) is 1. The Hall–Kier alpha value is -1.20. The zero-order chi connectivity index (χ0) is 14.7. The smallest absolute Gasteiger partial charge is 0.144 e. The molecule has 2 aliphatic heterocycles. The minimum absolute atomic E-state index is 0.584. The highest BCUT2D eigenvalue weighted by Crippen LogP contribution is 2.21. The van der Waals surface area contributed by atoms with Gasteiger partial charge in [0.15, 0.2) is 0 Å². The molecule has 2 aliphatic rings. The van der Waals surface area contributed by atoms with E-state index in [4.69, 9.17) is 5.73 Å². The molecule has 0 aromatic carbocycles. The van der Waals surface area contributed by atoms with Crippen LogP contribution in [0.1, 0.15) is 43.6 Å². The largest absolute Gasteiger partial charge is 0.384 e. The van der Waals surface area contributed by atoms with Gasteiger partial charge >= 0.3 is 0 Å². The lowest BCUT2D eigenvalue weighted by atomic mass is 10.00. The summed E-state index contributed by atoms with van der Waals surface area (Å²) < 4.78 is 0. The van der Waals surface area contributed by atoms with Gasteiger partial charge in [0.1, 0.15) is 11.6 Å². The predicted octanol–water partition coefficient (Wildman–Crippen LogP) is 1.82. The van der Waals surface area contributed by atoms with E-state index in [2.05, 4.69) is 19.8 Å². The molecule has 2 N–H and O–H groups in total. The summed E-state index contributed by atoms with van der Waals surface area (Å²) in [6.07, 6.45) is 6.75. The number of hydrogen-bond acceptors (Lipinski definition) is 5. The summed E-state index contributed by atoms with van der Waals surface area (Å²) in [4.78, 5) is 14.0. The molecular weight excluding hydrogens is 262 g/mol. The maximum atomic E-state index is 5.81. The fraction of sp³-hybridized carbons (Fsp3) is 0.750. The molecule has 0 radical (unpaired) electrons. The molecule has 0 spiro atoms. The van der Waals surface area contributed by atoms with Gasteiger partial charge in [0.2, 0.25) is 0 Å². The Morgan fingerprint density at radius 1 is 1.10 bits per heavy atom. The van der Waals surface area contributed by atoms with Gasteiger partial charge in [-0.3, -0.25) is 4.90 Å². The molecule has 0 amide bonds. The Bertz CT molecular complexity index is 441. The number of nitrogen functional groups attached to an aromatic ring is 1. The van der Waals surface area contributed by atoms with Crippen molar-refractivity contribution >= 4 is 5.82 Å². The van der Waals surface area contributed by atoms with E-state index in [1.54, 1.807) is 0 Å². The third-order valence-corrected chi connectivity index (χ3v) is 4.75. The number of aryl methyl sites for hydroxylation is 1. The minimum Gasteiger partial charge on any atom is -0.384 e. The number of aromatic nitrogens is 2. The van der Waals surface area contributed by atoms with Crippen molar-refractivity contribution in [3.05, 3.63) is 17.6 Å². The molecule has 21 heavy (non-hydrogen) atoms. The molecule has 1 aromatic rings. The first-order valence-corrected chi connectivity index (χ1v) is 8.27. The second kappa shape index (κ2) is 6.71. The molecule has 2 saturated heterocycles. The average molecular weight is 289 g/mol.